The number of halogens is 1. The molecule has 3 aromatic rings. The summed E-state index contributed by atoms with van der Waals surface area (Å²) in [5.41, 5.74) is 5.04. The van der Waals surface area contributed by atoms with Gasteiger partial charge in [-0.2, -0.15) is 0 Å². The van der Waals surface area contributed by atoms with Crippen LogP contribution in [0.25, 0.3) is 0 Å². The Bertz CT molecular complexity index is 1240. The summed E-state index contributed by atoms with van der Waals surface area (Å²) >= 11 is 3.13. The lowest BCUT2D eigenvalue weighted by molar-refractivity contribution is -0.0433. The molecule has 0 unspecified atom stereocenters. The van der Waals surface area contributed by atoms with Gasteiger partial charge in [-0.25, -0.2) is 4.79 Å². The molecule has 186 valence electrons. The summed E-state index contributed by atoms with van der Waals surface area (Å²) in [4.78, 5) is 26.4. The molecule has 4 N–H and O–H groups in total. The molecular formula is C25H30BrN3O5Si. The number of rotatable bonds is 6. The topological polar surface area (TPSA) is 120 Å². The number of aromatic amines is 1. The van der Waals surface area contributed by atoms with E-state index < -0.39 is 44.0 Å². The van der Waals surface area contributed by atoms with Gasteiger partial charge in [0, 0.05) is 6.20 Å². The zero-order chi connectivity index (χ0) is 25.4. The van der Waals surface area contributed by atoms with Crippen LogP contribution in [-0.4, -0.2) is 47.8 Å². The number of H-pyrrole nitrogens is 1. The molecule has 0 radical (unpaired) electrons. The number of nitrogens with one attached hydrogen (secondary N) is 1. The van der Waals surface area contributed by atoms with E-state index in [9.17, 15) is 14.7 Å². The van der Waals surface area contributed by atoms with E-state index in [-0.39, 0.29) is 16.1 Å². The van der Waals surface area contributed by atoms with E-state index in [0.717, 1.165) is 10.4 Å². The molecule has 1 aromatic heterocycles. The Morgan fingerprint density at radius 2 is 1.63 bits per heavy atom. The number of hydrogen-bond donors (Lipinski definition) is 3. The van der Waals surface area contributed by atoms with Crippen molar-refractivity contribution < 1.29 is 14.3 Å². The van der Waals surface area contributed by atoms with Crippen molar-refractivity contribution in [1.82, 2.24) is 9.55 Å². The quantitative estimate of drug-likeness (QED) is 0.393. The lowest BCUT2D eigenvalue weighted by Crippen LogP contribution is -2.67. The van der Waals surface area contributed by atoms with Gasteiger partial charge < -0.3 is 20.0 Å². The minimum atomic E-state index is -2.85. The maximum atomic E-state index is 12.4. The highest BCUT2D eigenvalue weighted by Crippen LogP contribution is 2.38. The molecule has 1 fully saturated rings. The Kier molecular flexibility index (Phi) is 7.32. The van der Waals surface area contributed by atoms with E-state index in [4.69, 9.17) is 14.9 Å². The van der Waals surface area contributed by atoms with E-state index in [1.807, 2.05) is 36.4 Å². The summed E-state index contributed by atoms with van der Waals surface area (Å²) in [6.07, 6.45) is -1.48. The molecule has 1 saturated heterocycles. The second-order valence-electron chi connectivity index (χ2n) is 9.75. The third kappa shape index (κ3) is 4.74. The predicted octanol–water partition coefficient (Wildman–Crippen LogP) is 1.46. The maximum absolute atomic E-state index is 12.4. The first kappa shape index (κ1) is 25.7. The molecule has 2 heterocycles. The second kappa shape index (κ2) is 9.96. The SMILES string of the molecule is CC(C)(C)[Si](OC[C@H]1O[C@@H](n2cc(Br)c(=O)[nH]c2=O)[C@H](N)[C@@H]1O)(c1ccccc1)c1ccccc1. The highest BCUT2D eigenvalue weighted by atomic mass is 79.9. The lowest BCUT2D eigenvalue weighted by Gasteiger charge is -2.43. The van der Waals surface area contributed by atoms with Crippen LogP contribution in [0.2, 0.25) is 5.04 Å². The van der Waals surface area contributed by atoms with Crippen LogP contribution in [-0.2, 0) is 9.16 Å². The summed E-state index contributed by atoms with van der Waals surface area (Å²) in [6.45, 7) is 6.57. The molecule has 8 nitrogen and oxygen atoms in total. The Morgan fingerprint density at radius 3 is 2.14 bits per heavy atom. The van der Waals surface area contributed by atoms with Gasteiger partial charge in [0.25, 0.3) is 13.9 Å². The first-order valence-electron chi connectivity index (χ1n) is 11.4. The molecule has 0 bridgehead atoms. The molecule has 0 saturated carbocycles. The zero-order valence-electron chi connectivity index (χ0n) is 19.9. The van der Waals surface area contributed by atoms with Crippen molar-refractivity contribution in [2.24, 2.45) is 5.73 Å². The summed E-state index contributed by atoms with van der Waals surface area (Å²) < 4.78 is 14.3. The average Bonchev–Trinajstić information content (AvgIpc) is 3.11. The fourth-order valence-corrected chi connectivity index (χ4v) is 9.66. The summed E-state index contributed by atoms with van der Waals surface area (Å²) in [7, 11) is -2.85. The van der Waals surface area contributed by atoms with Crippen molar-refractivity contribution in [2.75, 3.05) is 6.61 Å². The Labute approximate surface area is 213 Å². The number of aromatic nitrogens is 2. The van der Waals surface area contributed by atoms with Crippen LogP contribution >= 0.6 is 15.9 Å². The molecule has 4 rings (SSSR count). The van der Waals surface area contributed by atoms with Crippen molar-refractivity contribution in [2.45, 2.75) is 50.3 Å². The molecular weight excluding hydrogens is 530 g/mol. The van der Waals surface area contributed by atoms with Crippen LogP contribution in [0.15, 0.2) is 80.9 Å². The largest absolute Gasteiger partial charge is 0.405 e. The van der Waals surface area contributed by atoms with Crippen LogP contribution < -0.4 is 27.4 Å². The number of nitrogens with zero attached hydrogens (tertiary/aromatic N) is 1. The smallest absolute Gasteiger partial charge is 0.330 e. The minimum Gasteiger partial charge on any atom is -0.405 e. The van der Waals surface area contributed by atoms with E-state index in [2.05, 4.69) is 66.0 Å². The highest BCUT2D eigenvalue weighted by Gasteiger charge is 2.52. The molecule has 35 heavy (non-hydrogen) atoms. The van der Waals surface area contributed by atoms with E-state index in [1.165, 1.54) is 10.8 Å². The summed E-state index contributed by atoms with van der Waals surface area (Å²) in [6, 6.07) is 19.4. The third-order valence-electron chi connectivity index (χ3n) is 6.50. The van der Waals surface area contributed by atoms with Gasteiger partial charge in [0.05, 0.1) is 17.1 Å². The van der Waals surface area contributed by atoms with Gasteiger partial charge in [0.2, 0.25) is 0 Å². The molecule has 2 aromatic carbocycles. The third-order valence-corrected chi connectivity index (χ3v) is 12.1. The molecule has 4 atom stereocenters. The molecule has 1 aliphatic rings. The predicted molar refractivity (Wildman–Crippen MR) is 140 cm³/mol. The fourth-order valence-electron chi connectivity index (χ4n) is 4.77. The number of benzene rings is 2. The number of hydrogen-bond acceptors (Lipinski definition) is 6. The highest BCUT2D eigenvalue weighted by molar-refractivity contribution is 9.10. The van der Waals surface area contributed by atoms with Crippen LogP contribution in [0.5, 0.6) is 0 Å². The summed E-state index contributed by atoms with van der Waals surface area (Å²) in [5.74, 6) is 0. The minimum absolute atomic E-state index is 0.0813. The first-order chi connectivity index (χ1) is 16.6. The molecule has 0 amide bonds. The fraction of sp³-hybridized carbons (Fsp3) is 0.360. The van der Waals surface area contributed by atoms with Gasteiger partial charge in [0.1, 0.15) is 12.2 Å². The van der Waals surface area contributed by atoms with Gasteiger partial charge >= 0.3 is 5.69 Å². The molecule has 0 spiro atoms. The van der Waals surface area contributed by atoms with Crippen molar-refractivity contribution in [3.8, 4) is 0 Å². The molecule has 10 heteroatoms. The Hall–Kier alpha value is -2.34. The van der Waals surface area contributed by atoms with E-state index in [1.54, 1.807) is 0 Å². The number of aliphatic hydroxyl groups excluding tert-OH is 1. The number of nitrogens with two attached hydrogens (primary N) is 1. The van der Waals surface area contributed by atoms with Crippen LogP contribution in [0.1, 0.15) is 27.0 Å². The first-order valence-corrected chi connectivity index (χ1v) is 14.1. The Balaban J connectivity index is 1.69. The zero-order valence-corrected chi connectivity index (χ0v) is 22.4. The van der Waals surface area contributed by atoms with Gasteiger partial charge in [-0.3, -0.25) is 14.3 Å². The molecule has 0 aliphatic carbocycles. The standard InChI is InChI=1S/C25H30BrN3O5Si/c1-25(2,3)35(16-10-6-4-7-11-16,17-12-8-5-9-13-17)33-15-19-21(30)20(27)23(34-19)29-14-18(26)22(31)28-24(29)32/h4-14,19-21,23,30H,15,27H2,1-3H3,(H,28,31,32)/t19-,20-,21-,23-/m1/s1. The number of aliphatic hydroxyl groups is 1. The van der Waals surface area contributed by atoms with Crippen LogP contribution in [0, 0.1) is 0 Å². The number of ether oxygens (including phenoxy) is 1. The van der Waals surface area contributed by atoms with Crippen molar-refractivity contribution in [1.29, 1.82) is 0 Å². The van der Waals surface area contributed by atoms with Crippen LogP contribution in [0.4, 0.5) is 0 Å². The van der Waals surface area contributed by atoms with Gasteiger partial charge in [-0.1, -0.05) is 81.4 Å². The van der Waals surface area contributed by atoms with Gasteiger partial charge in [0.15, 0.2) is 6.23 Å². The normalized spacial score (nSPS) is 22.9. The van der Waals surface area contributed by atoms with Crippen molar-refractivity contribution >= 4 is 34.6 Å². The van der Waals surface area contributed by atoms with Gasteiger partial charge in [-0.05, 0) is 31.3 Å². The van der Waals surface area contributed by atoms with E-state index in [0.29, 0.717) is 0 Å². The van der Waals surface area contributed by atoms with Gasteiger partial charge in [-0.15, -0.1) is 0 Å². The average molecular weight is 561 g/mol. The summed E-state index contributed by atoms with van der Waals surface area (Å²) in [5, 5.41) is 12.9. The monoisotopic (exact) mass is 559 g/mol. The van der Waals surface area contributed by atoms with Crippen LogP contribution in [0.3, 0.4) is 0 Å². The van der Waals surface area contributed by atoms with Crippen molar-refractivity contribution in [3.05, 3.63) is 92.2 Å². The van der Waals surface area contributed by atoms with E-state index >= 15 is 0 Å². The second-order valence-corrected chi connectivity index (χ2v) is 14.9. The Morgan fingerprint density at radius 1 is 1.09 bits per heavy atom. The lowest BCUT2D eigenvalue weighted by atomic mass is 10.1. The van der Waals surface area contributed by atoms with Crippen molar-refractivity contribution in [3.63, 3.8) is 0 Å². The maximum Gasteiger partial charge on any atom is 0.330 e. The molecule has 1 aliphatic heterocycles.